The Hall–Kier alpha value is -3.51. The summed E-state index contributed by atoms with van der Waals surface area (Å²) in [4.78, 5) is 31.3. The number of amides is 2. The van der Waals surface area contributed by atoms with Crippen LogP contribution >= 0.6 is 0 Å². The van der Waals surface area contributed by atoms with Crippen molar-refractivity contribution in [3.05, 3.63) is 90.3 Å². The summed E-state index contributed by atoms with van der Waals surface area (Å²) in [6.45, 7) is 2.28. The van der Waals surface area contributed by atoms with Gasteiger partial charge in [-0.2, -0.15) is 0 Å². The topological polar surface area (TPSA) is 74.3 Å². The highest BCUT2D eigenvalue weighted by Crippen LogP contribution is 2.21. The molecule has 0 saturated carbocycles. The summed E-state index contributed by atoms with van der Waals surface area (Å²) in [5.41, 5.74) is 4.24. The second-order valence-corrected chi connectivity index (χ2v) is 7.64. The molecule has 1 aromatic heterocycles. The lowest BCUT2D eigenvalue weighted by Crippen LogP contribution is -2.56. The highest BCUT2D eigenvalue weighted by molar-refractivity contribution is 5.88. The van der Waals surface area contributed by atoms with E-state index in [9.17, 15) is 9.59 Å². The molecular weight excluding hydrogens is 388 g/mol. The van der Waals surface area contributed by atoms with Crippen molar-refractivity contribution < 1.29 is 9.59 Å². The van der Waals surface area contributed by atoms with Crippen LogP contribution in [0.2, 0.25) is 0 Å². The molecule has 0 spiro atoms. The molecule has 2 heterocycles. The normalized spacial score (nSPS) is 16.5. The Kier molecular flexibility index (Phi) is 6.69. The van der Waals surface area contributed by atoms with Crippen LogP contribution in [0.25, 0.3) is 11.1 Å². The second-order valence-electron chi connectivity index (χ2n) is 7.64. The minimum atomic E-state index is -0.480. The molecule has 0 bridgehead atoms. The van der Waals surface area contributed by atoms with Gasteiger partial charge in [-0.25, -0.2) is 0 Å². The molecule has 2 N–H and O–H groups in total. The number of nitrogens with one attached hydrogen (secondary N) is 2. The maximum Gasteiger partial charge on any atom is 0.237 e. The quantitative estimate of drug-likeness (QED) is 0.624. The first-order chi connectivity index (χ1) is 15.2. The first-order valence-electron chi connectivity index (χ1n) is 10.5. The van der Waals surface area contributed by atoms with Crippen LogP contribution in [0, 0.1) is 0 Å². The predicted octanol–water partition coefficient (Wildman–Crippen LogP) is 2.76. The van der Waals surface area contributed by atoms with Gasteiger partial charge in [-0.15, -0.1) is 0 Å². The van der Waals surface area contributed by atoms with Crippen molar-refractivity contribution in [3.63, 3.8) is 0 Å². The van der Waals surface area contributed by atoms with Crippen molar-refractivity contribution in [2.75, 3.05) is 13.1 Å². The minimum Gasteiger partial charge on any atom is -0.353 e. The van der Waals surface area contributed by atoms with Crippen molar-refractivity contribution in [1.82, 2.24) is 20.5 Å². The summed E-state index contributed by atoms with van der Waals surface area (Å²) in [5, 5.41) is 5.75. The number of pyridine rings is 1. The Bertz CT molecular complexity index is 1010. The first kappa shape index (κ1) is 20.8. The Morgan fingerprint density at radius 1 is 1.00 bits per heavy atom. The third-order valence-corrected chi connectivity index (χ3v) is 5.46. The number of hydrogen-bond acceptors (Lipinski definition) is 4. The predicted molar refractivity (Wildman–Crippen MR) is 120 cm³/mol. The molecule has 31 heavy (non-hydrogen) atoms. The van der Waals surface area contributed by atoms with Gasteiger partial charge < -0.3 is 10.6 Å². The maximum atomic E-state index is 12.5. The Balaban J connectivity index is 1.38. The molecule has 4 rings (SSSR count). The smallest absolute Gasteiger partial charge is 0.237 e. The van der Waals surface area contributed by atoms with E-state index in [4.69, 9.17) is 0 Å². The molecule has 3 aromatic rings. The number of rotatable bonds is 7. The fourth-order valence-electron chi connectivity index (χ4n) is 3.78. The molecule has 1 aliphatic rings. The van der Waals surface area contributed by atoms with Gasteiger partial charge in [-0.3, -0.25) is 19.5 Å². The van der Waals surface area contributed by atoms with E-state index < -0.39 is 6.04 Å². The van der Waals surface area contributed by atoms with Gasteiger partial charge in [0.25, 0.3) is 0 Å². The lowest BCUT2D eigenvalue weighted by atomic mass is 10.0. The number of piperazine rings is 1. The summed E-state index contributed by atoms with van der Waals surface area (Å²) < 4.78 is 0. The summed E-state index contributed by atoms with van der Waals surface area (Å²) in [6, 6.07) is 23.7. The van der Waals surface area contributed by atoms with Gasteiger partial charge in [0, 0.05) is 25.8 Å². The van der Waals surface area contributed by atoms with Crippen LogP contribution < -0.4 is 10.6 Å². The Morgan fingerprint density at radius 2 is 1.74 bits per heavy atom. The average Bonchev–Trinajstić information content (AvgIpc) is 2.82. The lowest BCUT2D eigenvalue weighted by Gasteiger charge is -2.34. The largest absolute Gasteiger partial charge is 0.353 e. The van der Waals surface area contributed by atoms with E-state index in [1.807, 2.05) is 36.4 Å². The molecule has 6 heteroatoms. The molecule has 1 saturated heterocycles. The van der Waals surface area contributed by atoms with Gasteiger partial charge in [0.2, 0.25) is 11.8 Å². The zero-order valence-corrected chi connectivity index (χ0v) is 17.3. The Labute approximate surface area is 182 Å². The third-order valence-electron chi connectivity index (χ3n) is 5.46. The minimum absolute atomic E-state index is 0.0971. The van der Waals surface area contributed by atoms with Crippen LogP contribution in [0.1, 0.15) is 17.7 Å². The fraction of sp³-hybridized carbons (Fsp3) is 0.240. The van der Waals surface area contributed by atoms with Crippen molar-refractivity contribution in [2.24, 2.45) is 0 Å². The lowest BCUT2D eigenvalue weighted by molar-refractivity contribution is -0.134. The summed E-state index contributed by atoms with van der Waals surface area (Å²) >= 11 is 0. The van der Waals surface area contributed by atoms with E-state index in [0.717, 1.165) is 16.8 Å². The Morgan fingerprint density at radius 3 is 2.48 bits per heavy atom. The van der Waals surface area contributed by atoms with Crippen LogP contribution in [0.3, 0.4) is 0 Å². The number of carbonyl (C=O) groups excluding carboxylic acids is 2. The molecule has 0 radical (unpaired) electrons. The molecule has 0 aliphatic carbocycles. The van der Waals surface area contributed by atoms with E-state index in [-0.39, 0.29) is 18.2 Å². The van der Waals surface area contributed by atoms with Crippen molar-refractivity contribution >= 4 is 11.8 Å². The van der Waals surface area contributed by atoms with Gasteiger partial charge in [-0.05, 0) is 28.8 Å². The number of carbonyl (C=O) groups is 2. The number of nitrogens with zero attached hydrogens (tertiary/aromatic N) is 2. The summed E-state index contributed by atoms with van der Waals surface area (Å²) in [6.07, 6.45) is 1.82. The van der Waals surface area contributed by atoms with Gasteiger partial charge in [0.1, 0.15) is 0 Å². The van der Waals surface area contributed by atoms with E-state index >= 15 is 0 Å². The number of benzene rings is 2. The van der Waals surface area contributed by atoms with Gasteiger partial charge in [0.15, 0.2) is 0 Å². The molecule has 6 nitrogen and oxygen atoms in total. The zero-order chi connectivity index (χ0) is 21.5. The molecule has 2 amide bonds. The molecule has 2 aromatic carbocycles. The number of aromatic nitrogens is 1. The summed E-state index contributed by atoms with van der Waals surface area (Å²) in [7, 11) is 0. The first-order valence-corrected chi connectivity index (χ1v) is 10.5. The average molecular weight is 415 g/mol. The SMILES string of the molecule is O=C(C[C@H]1C(=O)NCCN1Cc1ccc(-c2ccccc2)cc1)NCc1ccccn1. The maximum absolute atomic E-state index is 12.5. The van der Waals surface area contributed by atoms with E-state index in [2.05, 4.69) is 56.9 Å². The van der Waals surface area contributed by atoms with Gasteiger partial charge in [0.05, 0.1) is 24.7 Å². The monoisotopic (exact) mass is 414 g/mol. The molecule has 1 fully saturated rings. The zero-order valence-electron chi connectivity index (χ0n) is 17.3. The van der Waals surface area contributed by atoms with Crippen molar-refractivity contribution in [2.45, 2.75) is 25.6 Å². The molecule has 158 valence electrons. The molecule has 1 atom stereocenters. The highest BCUT2D eigenvalue weighted by atomic mass is 16.2. The fourth-order valence-corrected chi connectivity index (χ4v) is 3.78. The number of hydrogen-bond donors (Lipinski definition) is 2. The molecular formula is C25H26N4O2. The standard InChI is InChI=1S/C25H26N4O2/c30-24(28-17-22-8-4-5-13-26-22)16-23-25(31)27-14-15-29(23)18-19-9-11-21(12-10-19)20-6-2-1-3-7-20/h1-13,23H,14-18H2,(H,27,31)(H,28,30)/t23-/m0/s1. The van der Waals surface area contributed by atoms with Gasteiger partial charge in [-0.1, -0.05) is 60.7 Å². The van der Waals surface area contributed by atoms with Crippen LogP contribution in [0.4, 0.5) is 0 Å². The van der Waals surface area contributed by atoms with Crippen molar-refractivity contribution in [1.29, 1.82) is 0 Å². The van der Waals surface area contributed by atoms with E-state index in [1.54, 1.807) is 6.20 Å². The molecule has 1 aliphatic heterocycles. The van der Waals surface area contributed by atoms with Crippen LogP contribution in [-0.4, -0.2) is 40.8 Å². The van der Waals surface area contributed by atoms with Crippen LogP contribution in [-0.2, 0) is 22.7 Å². The van der Waals surface area contributed by atoms with Crippen LogP contribution in [0.5, 0.6) is 0 Å². The molecule has 0 unspecified atom stereocenters. The van der Waals surface area contributed by atoms with Crippen LogP contribution in [0.15, 0.2) is 79.0 Å². The highest BCUT2D eigenvalue weighted by Gasteiger charge is 2.31. The second kappa shape index (κ2) is 10.00. The van der Waals surface area contributed by atoms with E-state index in [1.165, 1.54) is 5.56 Å². The third kappa shape index (κ3) is 5.55. The van der Waals surface area contributed by atoms with Gasteiger partial charge >= 0.3 is 0 Å². The van der Waals surface area contributed by atoms with Crippen molar-refractivity contribution in [3.8, 4) is 11.1 Å². The van der Waals surface area contributed by atoms with E-state index in [0.29, 0.717) is 26.2 Å². The summed E-state index contributed by atoms with van der Waals surface area (Å²) in [5.74, 6) is -0.253.